The highest BCUT2D eigenvalue weighted by atomic mass is 16.5. The summed E-state index contributed by atoms with van der Waals surface area (Å²) < 4.78 is 8.36. The summed E-state index contributed by atoms with van der Waals surface area (Å²) in [5.74, 6) is 0.985. The van der Waals surface area contributed by atoms with Crippen LogP contribution in [0.5, 0.6) is 0 Å². The molecule has 2 aliphatic carbocycles. The molecule has 1 N–H and O–H groups in total. The summed E-state index contributed by atoms with van der Waals surface area (Å²) in [6.07, 6.45) is 5.23. The summed E-state index contributed by atoms with van der Waals surface area (Å²) >= 11 is 0. The molecule has 0 radical (unpaired) electrons. The van der Waals surface area contributed by atoms with E-state index in [0.29, 0.717) is 29.6 Å². The highest BCUT2D eigenvalue weighted by Crippen LogP contribution is 2.49. The molecule has 1 aromatic heterocycles. The van der Waals surface area contributed by atoms with Gasteiger partial charge in [0, 0.05) is 13.5 Å². The number of fused-ring (bicyclic) bond motifs is 2. The molecule has 0 spiro atoms. The normalized spacial score (nSPS) is 22.6. The molecule has 1 heterocycles. The summed E-state index contributed by atoms with van der Waals surface area (Å²) in [5.41, 5.74) is 1.21. The largest absolute Gasteiger partial charge is 0.456 e. The van der Waals surface area contributed by atoms with Gasteiger partial charge in [0.2, 0.25) is 0 Å². The van der Waals surface area contributed by atoms with Crippen LogP contribution >= 0.6 is 0 Å². The van der Waals surface area contributed by atoms with Crippen LogP contribution in [-0.4, -0.2) is 27.8 Å². The van der Waals surface area contributed by atoms with Gasteiger partial charge in [-0.1, -0.05) is 24.6 Å². The number of hydrogen-bond acceptors (Lipinski definition) is 4. The number of nitrogens with zero attached hydrogens (tertiary/aromatic N) is 2. The molecule has 2 fully saturated rings. The topological polar surface area (TPSA) is 82.3 Å². The predicted molar refractivity (Wildman–Crippen MR) is 109 cm³/mol. The number of ether oxygens (including phenoxy) is 1. The fraction of sp³-hybridized carbons (Fsp3) is 0.500. The molecule has 1 aromatic carbocycles. The monoisotopic (exact) mass is 397 g/mol. The lowest BCUT2D eigenvalue weighted by Gasteiger charge is -2.20. The lowest BCUT2D eigenvalue weighted by atomic mass is 9.86. The summed E-state index contributed by atoms with van der Waals surface area (Å²) in [6.45, 7) is 1.39. The van der Waals surface area contributed by atoms with Crippen molar-refractivity contribution < 1.29 is 14.3 Å². The molecule has 0 aliphatic heterocycles. The van der Waals surface area contributed by atoms with E-state index in [2.05, 4.69) is 5.32 Å². The number of aromatic nitrogens is 2. The van der Waals surface area contributed by atoms with Crippen LogP contribution in [0.1, 0.15) is 37.8 Å². The first-order valence-electron chi connectivity index (χ1n) is 10.2. The van der Waals surface area contributed by atoms with Gasteiger partial charge in [0.25, 0.3) is 11.5 Å². The molecule has 0 unspecified atom stereocenters. The number of rotatable bonds is 6. The molecular weight excluding hydrogens is 370 g/mol. The highest BCUT2D eigenvalue weighted by molar-refractivity contribution is 5.93. The van der Waals surface area contributed by atoms with E-state index in [4.69, 9.17) is 4.74 Å². The Balaban J connectivity index is 1.36. The molecule has 7 nitrogen and oxygen atoms in total. The Morgan fingerprint density at radius 2 is 1.93 bits per heavy atom. The first-order valence-corrected chi connectivity index (χ1v) is 10.2. The molecule has 2 aliphatic rings. The number of nitrogens with one attached hydrogen (secondary N) is 1. The molecule has 3 atom stereocenters. The van der Waals surface area contributed by atoms with E-state index in [1.165, 1.54) is 23.9 Å². The van der Waals surface area contributed by atoms with E-state index >= 15 is 0 Å². The quantitative estimate of drug-likeness (QED) is 0.760. The van der Waals surface area contributed by atoms with E-state index in [-0.39, 0.29) is 23.8 Å². The first-order chi connectivity index (χ1) is 13.9. The van der Waals surface area contributed by atoms with E-state index in [9.17, 15) is 14.4 Å². The maximum absolute atomic E-state index is 12.8. The van der Waals surface area contributed by atoms with Crippen molar-refractivity contribution >= 4 is 17.6 Å². The van der Waals surface area contributed by atoms with E-state index in [1.807, 2.05) is 30.3 Å². The fourth-order valence-electron chi connectivity index (χ4n) is 4.93. The zero-order valence-corrected chi connectivity index (χ0v) is 16.9. The molecule has 4 rings (SSSR count). The molecule has 2 aromatic rings. The minimum Gasteiger partial charge on any atom is -0.456 e. The van der Waals surface area contributed by atoms with Crippen molar-refractivity contribution in [2.45, 2.75) is 39.0 Å². The van der Waals surface area contributed by atoms with Crippen LogP contribution in [0.15, 0.2) is 35.1 Å². The van der Waals surface area contributed by atoms with Crippen molar-refractivity contribution in [3.05, 3.63) is 46.4 Å². The van der Waals surface area contributed by atoms with Crippen LogP contribution in [0.2, 0.25) is 0 Å². The minimum atomic E-state index is -0.502. The average Bonchev–Trinajstić information content (AvgIpc) is 3.38. The summed E-state index contributed by atoms with van der Waals surface area (Å²) in [6, 6.07) is 9.21. The third-order valence-corrected chi connectivity index (χ3v) is 6.50. The molecule has 2 bridgehead atoms. The van der Waals surface area contributed by atoms with Gasteiger partial charge in [-0.25, -0.2) is 4.68 Å². The van der Waals surface area contributed by atoms with Crippen LogP contribution < -0.4 is 10.9 Å². The van der Waals surface area contributed by atoms with Crippen LogP contribution in [0.25, 0.3) is 5.69 Å². The zero-order chi connectivity index (χ0) is 20.5. The van der Waals surface area contributed by atoms with Gasteiger partial charge < -0.3 is 10.1 Å². The van der Waals surface area contributed by atoms with Crippen molar-refractivity contribution in [2.75, 3.05) is 11.9 Å². The van der Waals surface area contributed by atoms with Gasteiger partial charge in [-0.05, 0) is 56.1 Å². The Morgan fingerprint density at radius 1 is 1.17 bits per heavy atom. The third-order valence-electron chi connectivity index (χ3n) is 6.50. The second-order valence-corrected chi connectivity index (χ2v) is 8.28. The Hall–Kier alpha value is -2.83. The number of carbonyl (C=O) groups is 2. The molecule has 7 heteroatoms. The number of anilines is 1. The second kappa shape index (κ2) is 7.89. The summed E-state index contributed by atoms with van der Waals surface area (Å²) in [4.78, 5) is 37.2. The molecule has 2 saturated carbocycles. The van der Waals surface area contributed by atoms with Gasteiger partial charge in [-0.15, -0.1) is 0 Å². The summed E-state index contributed by atoms with van der Waals surface area (Å²) in [5, 5.41) is 2.62. The zero-order valence-electron chi connectivity index (χ0n) is 16.9. The average molecular weight is 397 g/mol. The summed E-state index contributed by atoms with van der Waals surface area (Å²) in [7, 11) is 1.76. The highest BCUT2D eigenvalue weighted by Gasteiger charge is 2.40. The number of amides is 1. The van der Waals surface area contributed by atoms with Gasteiger partial charge in [-0.3, -0.25) is 19.1 Å². The number of hydrogen-bond donors (Lipinski definition) is 1. The predicted octanol–water partition coefficient (Wildman–Crippen LogP) is 2.79. The van der Waals surface area contributed by atoms with Crippen LogP contribution in [-0.2, 0) is 21.4 Å². The Morgan fingerprint density at radius 3 is 2.59 bits per heavy atom. The SMILES string of the molecule is Cc1c(NC(=O)COC(=O)C[C@H]2C[C@@H]3CC[C@@H]2C3)c(=O)n(-c2ccccc2)n1C. The Kier molecular flexibility index (Phi) is 5.30. The van der Waals surface area contributed by atoms with Gasteiger partial charge in [0.15, 0.2) is 6.61 Å². The van der Waals surface area contributed by atoms with E-state index in [0.717, 1.165) is 12.3 Å². The maximum Gasteiger partial charge on any atom is 0.306 e. The minimum absolute atomic E-state index is 0.200. The lowest BCUT2D eigenvalue weighted by Crippen LogP contribution is -2.26. The van der Waals surface area contributed by atoms with E-state index in [1.54, 1.807) is 18.7 Å². The van der Waals surface area contributed by atoms with Crippen LogP contribution in [0, 0.1) is 24.7 Å². The fourth-order valence-corrected chi connectivity index (χ4v) is 4.93. The first kappa shape index (κ1) is 19.5. The molecule has 1 amide bonds. The molecule has 0 saturated heterocycles. The van der Waals surface area contributed by atoms with Crippen LogP contribution in [0.4, 0.5) is 5.69 Å². The third kappa shape index (κ3) is 3.86. The van der Waals surface area contributed by atoms with Gasteiger partial charge >= 0.3 is 5.97 Å². The number of benzene rings is 1. The standard InChI is InChI=1S/C22H27N3O4/c1-14-21(22(28)25(24(14)2)18-6-4-3-5-7-18)23-19(26)13-29-20(27)12-17-11-15-8-9-16(17)10-15/h3-7,15-17H,8-13H2,1-2H3,(H,23,26)/t15-,16-,17-/m1/s1. The van der Waals surface area contributed by atoms with Crippen molar-refractivity contribution in [3.8, 4) is 5.69 Å². The van der Waals surface area contributed by atoms with Crippen molar-refractivity contribution in [2.24, 2.45) is 24.8 Å². The Labute approximate surface area is 169 Å². The Bertz CT molecular complexity index is 976. The number of para-hydroxylation sites is 1. The maximum atomic E-state index is 12.8. The van der Waals surface area contributed by atoms with E-state index < -0.39 is 5.91 Å². The van der Waals surface area contributed by atoms with Crippen molar-refractivity contribution in [3.63, 3.8) is 0 Å². The van der Waals surface area contributed by atoms with Crippen LogP contribution in [0.3, 0.4) is 0 Å². The molecular formula is C22H27N3O4. The van der Waals surface area contributed by atoms with Gasteiger partial charge in [0.05, 0.1) is 11.4 Å². The smallest absolute Gasteiger partial charge is 0.306 e. The lowest BCUT2D eigenvalue weighted by molar-refractivity contribution is -0.148. The van der Waals surface area contributed by atoms with Crippen molar-refractivity contribution in [1.29, 1.82) is 0 Å². The second-order valence-electron chi connectivity index (χ2n) is 8.28. The molecule has 29 heavy (non-hydrogen) atoms. The number of esters is 1. The number of carbonyl (C=O) groups excluding carboxylic acids is 2. The van der Waals surface area contributed by atoms with Crippen molar-refractivity contribution in [1.82, 2.24) is 9.36 Å². The molecule has 154 valence electrons. The van der Waals surface area contributed by atoms with Gasteiger partial charge in [0.1, 0.15) is 5.69 Å². The van der Waals surface area contributed by atoms with Gasteiger partial charge in [-0.2, -0.15) is 0 Å².